The van der Waals surface area contributed by atoms with Gasteiger partial charge >= 0.3 is 0 Å². The number of benzene rings is 1. The van der Waals surface area contributed by atoms with Crippen LogP contribution in [0.3, 0.4) is 0 Å². The molecule has 0 heterocycles. The van der Waals surface area contributed by atoms with E-state index in [1.807, 2.05) is 0 Å². The first-order valence-electron chi connectivity index (χ1n) is 7.37. The van der Waals surface area contributed by atoms with Gasteiger partial charge in [0.25, 0.3) is 0 Å². The Hall–Kier alpha value is -1.30. The van der Waals surface area contributed by atoms with E-state index in [2.05, 4.69) is 17.0 Å². The molecule has 4 nitrogen and oxygen atoms in total. The van der Waals surface area contributed by atoms with E-state index in [1.165, 1.54) is 31.4 Å². The van der Waals surface area contributed by atoms with E-state index in [4.69, 9.17) is 0 Å². The third-order valence-corrected chi connectivity index (χ3v) is 4.48. The molecule has 0 bridgehead atoms. The van der Waals surface area contributed by atoms with E-state index in [1.54, 1.807) is 6.07 Å². The zero-order valence-electron chi connectivity index (χ0n) is 12.5. The molecule has 0 saturated heterocycles. The third kappa shape index (κ3) is 5.19. The molecule has 1 aliphatic carbocycles. The minimum atomic E-state index is -3.48. The van der Waals surface area contributed by atoms with Crippen molar-refractivity contribution in [2.75, 3.05) is 16.3 Å². The fourth-order valence-corrected chi connectivity index (χ4v) is 3.32. The Morgan fingerprint density at radius 3 is 2.67 bits per heavy atom. The highest BCUT2D eigenvalue weighted by Crippen LogP contribution is 2.27. The number of halogens is 1. The van der Waals surface area contributed by atoms with E-state index in [0.717, 1.165) is 30.7 Å². The van der Waals surface area contributed by atoms with Gasteiger partial charge in [-0.05, 0) is 43.4 Å². The van der Waals surface area contributed by atoms with Gasteiger partial charge in [-0.25, -0.2) is 12.8 Å². The minimum absolute atomic E-state index is 0.00973. The zero-order valence-corrected chi connectivity index (χ0v) is 13.3. The van der Waals surface area contributed by atoms with Crippen LogP contribution in [0.25, 0.3) is 0 Å². The number of anilines is 2. The van der Waals surface area contributed by atoms with Gasteiger partial charge < -0.3 is 5.32 Å². The summed E-state index contributed by atoms with van der Waals surface area (Å²) in [6.07, 6.45) is 6.83. The second kappa shape index (κ2) is 6.64. The topological polar surface area (TPSA) is 58.2 Å². The average molecular weight is 314 g/mol. The van der Waals surface area contributed by atoms with E-state index in [9.17, 15) is 12.8 Å². The van der Waals surface area contributed by atoms with Crippen LogP contribution in [0.1, 0.15) is 39.0 Å². The Morgan fingerprint density at radius 1 is 1.19 bits per heavy atom. The van der Waals surface area contributed by atoms with Crippen LogP contribution in [-0.4, -0.2) is 20.7 Å². The number of sulfonamides is 1. The summed E-state index contributed by atoms with van der Waals surface area (Å²) in [5, 5.41) is 3.39. The van der Waals surface area contributed by atoms with Crippen molar-refractivity contribution in [1.82, 2.24) is 0 Å². The molecule has 21 heavy (non-hydrogen) atoms. The van der Waals surface area contributed by atoms with Crippen LogP contribution in [0.15, 0.2) is 18.2 Å². The van der Waals surface area contributed by atoms with E-state index >= 15 is 0 Å². The average Bonchev–Trinajstić information content (AvgIpc) is 2.57. The molecule has 2 rings (SSSR count). The molecule has 0 radical (unpaired) electrons. The van der Waals surface area contributed by atoms with Gasteiger partial charge in [-0.3, -0.25) is 4.72 Å². The maximum Gasteiger partial charge on any atom is 0.229 e. The first-order chi connectivity index (χ1) is 9.83. The monoisotopic (exact) mass is 314 g/mol. The van der Waals surface area contributed by atoms with Crippen molar-refractivity contribution in [1.29, 1.82) is 0 Å². The maximum atomic E-state index is 13.6. The highest BCUT2D eigenvalue weighted by Gasteiger charge is 2.16. The van der Waals surface area contributed by atoms with Crippen LogP contribution in [-0.2, 0) is 10.0 Å². The standard InChI is InChI=1S/C15H23FN2O2S/c1-11-4-3-5-12(7-6-11)17-13-8-9-14(16)15(10-13)18-21(2,19)20/h8-12,17-18H,3-7H2,1-2H3. The molecule has 2 N–H and O–H groups in total. The quantitative estimate of drug-likeness (QED) is 0.835. The van der Waals surface area contributed by atoms with Crippen molar-refractivity contribution in [2.24, 2.45) is 5.92 Å². The second-order valence-electron chi connectivity index (χ2n) is 6.02. The van der Waals surface area contributed by atoms with Crippen LogP contribution in [0.2, 0.25) is 0 Å². The lowest BCUT2D eigenvalue weighted by Crippen LogP contribution is -2.19. The summed E-state index contributed by atoms with van der Waals surface area (Å²) in [5.74, 6) is 0.188. The lowest BCUT2D eigenvalue weighted by molar-refractivity contribution is 0.502. The normalized spacial score (nSPS) is 23.4. The molecule has 1 saturated carbocycles. The van der Waals surface area contributed by atoms with Crippen LogP contribution in [0.4, 0.5) is 15.8 Å². The molecule has 0 amide bonds. The minimum Gasteiger partial charge on any atom is -0.382 e. The second-order valence-corrected chi connectivity index (χ2v) is 7.77. The van der Waals surface area contributed by atoms with Crippen molar-refractivity contribution in [2.45, 2.75) is 45.1 Å². The Kier molecular flexibility index (Phi) is 5.08. The first kappa shape index (κ1) is 16.1. The summed E-state index contributed by atoms with van der Waals surface area (Å²) in [7, 11) is -3.48. The predicted molar refractivity (Wildman–Crippen MR) is 84.5 cm³/mol. The van der Waals surface area contributed by atoms with Crippen LogP contribution >= 0.6 is 0 Å². The smallest absolute Gasteiger partial charge is 0.229 e. The van der Waals surface area contributed by atoms with Crippen LogP contribution in [0, 0.1) is 11.7 Å². The number of hydrogen-bond donors (Lipinski definition) is 2. The van der Waals surface area contributed by atoms with E-state index in [0.29, 0.717) is 6.04 Å². The van der Waals surface area contributed by atoms with Crippen LogP contribution in [0.5, 0.6) is 0 Å². The van der Waals surface area contributed by atoms with Gasteiger partial charge in [0.2, 0.25) is 10.0 Å². The van der Waals surface area contributed by atoms with E-state index < -0.39 is 15.8 Å². The molecule has 1 aromatic rings. The largest absolute Gasteiger partial charge is 0.382 e. The van der Waals surface area contributed by atoms with Gasteiger partial charge in [0.15, 0.2) is 0 Å². The lowest BCUT2D eigenvalue weighted by Gasteiger charge is -2.18. The molecule has 1 aromatic carbocycles. The van der Waals surface area contributed by atoms with Crippen molar-refractivity contribution < 1.29 is 12.8 Å². The highest BCUT2D eigenvalue weighted by molar-refractivity contribution is 7.92. The maximum absolute atomic E-state index is 13.6. The highest BCUT2D eigenvalue weighted by atomic mass is 32.2. The molecule has 2 atom stereocenters. The molecule has 0 aromatic heterocycles. The van der Waals surface area contributed by atoms with E-state index in [-0.39, 0.29) is 5.69 Å². The predicted octanol–water partition coefficient (Wildman–Crippen LogP) is 3.58. The SMILES string of the molecule is CC1CCCC(Nc2ccc(F)c(NS(C)(=O)=O)c2)CC1. The molecule has 118 valence electrons. The Labute approximate surface area is 126 Å². The number of nitrogens with one attached hydrogen (secondary N) is 2. The zero-order chi connectivity index (χ0) is 15.5. The Morgan fingerprint density at radius 2 is 1.95 bits per heavy atom. The molecule has 2 unspecified atom stereocenters. The molecular weight excluding hydrogens is 291 g/mol. The van der Waals surface area contributed by atoms with Gasteiger partial charge in [0, 0.05) is 11.7 Å². The van der Waals surface area contributed by atoms with Crippen molar-refractivity contribution in [3.05, 3.63) is 24.0 Å². The molecular formula is C15H23FN2O2S. The van der Waals surface area contributed by atoms with Gasteiger partial charge in [0.05, 0.1) is 11.9 Å². The van der Waals surface area contributed by atoms with Crippen molar-refractivity contribution in [3.63, 3.8) is 0 Å². The lowest BCUT2D eigenvalue weighted by atomic mass is 10.0. The molecule has 6 heteroatoms. The summed E-state index contributed by atoms with van der Waals surface area (Å²) < 4.78 is 38.3. The van der Waals surface area contributed by atoms with Gasteiger partial charge in [0.1, 0.15) is 5.82 Å². The molecule has 0 aliphatic heterocycles. The summed E-state index contributed by atoms with van der Waals surface area (Å²) in [6, 6.07) is 4.82. The van der Waals surface area contributed by atoms with Crippen molar-refractivity contribution in [3.8, 4) is 0 Å². The molecule has 0 spiro atoms. The van der Waals surface area contributed by atoms with Gasteiger partial charge in [-0.2, -0.15) is 0 Å². The number of rotatable bonds is 4. The van der Waals surface area contributed by atoms with Gasteiger partial charge in [-0.15, -0.1) is 0 Å². The summed E-state index contributed by atoms with van der Waals surface area (Å²) in [5.41, 5.74) is 0.742. The fourth-order valence-electron chi connectivity index (χ4n) is 2.76. The third-order valence-electron chi connectivity index (χ3n) is 3.89. The Balaban J connectivity index is 2.08. The first-order valence-corrected chi connectivity index (χ1v) is 9.26. The number of hydrogen-bond acceptors (Lipinski definition) is 3. The Bertz CT molecular complexity index is 589. The summed E-state index contributed by atoms with van der Waals surface area (Å²) in [4.78, 5) is 0. The summed E-state index contributed by atoms with van der Waals surface area (Å²) in [6.45, 7) is 2.27. The fraction of sp³-hybridized carbons (Fsp3) is 0.600. The molecule has 1 aliphatic rings. The summed E-state index contributed by atoms with van der Waals surface area (Å²) >= 11 is 0. The van der Waals surface area contributed by atoms with Crippen molar-refractivity contribution >= 4 is 21.4 Å². The van der Waals surface area contributed by atoms with Crippen LogP contribution < -0.4 is 10.0 Å². The van der Waals surface area contributed by atoms with Gasteiger partial charge in [-0.1, -0.05) is 19.8 Å². The molecule has 1 fully saturated rings.